The van der Waals surface area contributed by atoms with E-state index in [1.165, 1.54) is 6.92 Å². The minimum atomic E-state index is -1.28. The van der Waals surface area contributed by atoms with Crippen molar-refractivity contribution in [1.82, 2.24) is 5.32 Å². The summed E-state index contributed by atoms with van der Waals surface area (Å²) in [7, 11) is 0. The van der Waals surface area contributed by atoms with Crippen LogP contribution in [0, 0.1) is 0 Å². The van der Waals surface area contributed by atoms with Gasteiger partial charge in [0.05, 0.1) is 0 Å². The van der Waals surface area contributed by atoms with Crippen LogP contribution in [0.4, 0.5) is 4.79 Å². The van der Waals surface area contributed by atoms with Crippen LogP contribution in [0.15, 0.2) is 0 Å². The first-order valence-corrected chi connectivity index (χ1v) is 4.85. The molecular weight excluding hydrogens is 198 g/mol. The molecule has 2 N–H and O–H groups in total. The number of carboxylic acid groups (broad SMARTS) is 1. The van der Waals surface area contributed by atoms with Crippen LogP contribution in [0.5, 0.6) is 0 Å². The quantitative estimate of drug-likeness (QED) is 0.755. The Morgan fingerprint density at radius 2 is 1.73 bits per heavy atom. The van der Waals surface area contributed by atoms with Crippen LogP contribution in [0.2, 0.25) is 0 Å². The lowest BCUT2D eigenvalue weighted by Crippen LogP contribution is -2.52. The van der Waals surface area contributed by atoms with Gasteiger partial charge in [0.1, 0.15) is 11.1 Å². The Bertz CT molecular complexity index is 257. The lowest BCUT2D eigenvalue weighted by molar-refractivity contribution is -0.144. The van der Waals surface area contributed by atoms with Gasteiger partial charge in [0, 0.05) is 0 Å². The van der Waals surface area contributed by atoms with Crippen LogP contribution in [0.3, 0.4) is 0 Å². The zero-order valence-electron chi connectivity index (χ0n) is 9.88. The van der Waals surface area contributed by atoms with Crippen molar-refractivity contribution in [1.29, 1.82) is 0 Å². The predicted molar refractivity (Wildman–Crippen MR) is 55.7 cm³/mol. The van der Waals surface area contributed by atoms with Gasteiger partial charge >= 0.3 is 12.1 Å². The zero-order valence-corrected chi connectivity index (χ0v) is 9.88. The molecule has 5 heteroatoms. The highest BCUT2D eigenvalue weighted by atomic mass is 16.6. The number of amides is 1. The monoisotopic (exact) mass is 217 g/mol. The van der Waals surface area contributed by atoms with Crippen molar-refractivity contribution >= 4 is 12.1 Å². The Hall–Kier alpha value is -1.26. The summed E-state index contributed by atoms with van der Waals surface area (Å²) in [5, 5.41) is 11.2. The maximum atomic E-state index is 11.3. The van der Waals surface area contributed by atoms with Crippen molar-refractivity contribution in [3.63, 3.8) is 0 Å². The number of carbonyl (C=O) groups is 2. The van der Waals surface area contributed by atoms with Crippen molar-refractivity contribution in [2.24, 2.45) is 0 Å². The Morgan fingerprint density at radius 3 is 2.00 bits per heavy atom. The van der Waals surface area contributed by atoms with Gasteiger partial charge in [-0.2, -0.15) is 0 Å². The number of carbonyl (C=O) groups excluding carboxylic acids is 1. The molecule has 0 bridgehead atoms. The topological polar surface area (TPSA) is 75.6 Å². The molecule has 0 radical (unpaired) electrons. The van der Waals surface area contributed by atoms with Gasteiger partial charge in [-0.05, 0) is 34.1 Å². The molecule has 5 nitrogen and oxygen atoms in total. The molecule has 0 spiro atoms. The molecule has 0 aliphatic rings. The summed E-state index contributed by atoms with van der Waals surface area (Å²) < 4.78 is 4.97. The Kier molecular flexibility index (Phi) is 4.13. The average molecular weight is 217 g/mol. The molecule has 15 heavy (non-hydrogen) atoms. The second-order valence-corrected chi connectivity index (χ2v) is 4.62. The van der Waals surface area contributed by atoms with E-state index in [1.54, 1.807) is 27.7 Å². The third-order valence-electron chi connectivity index (χ3n) is 1.96. The van der Waals surface area contributed by atoms with E-state index in [0.717, 1.165) is 0 Å². The molecule has 0 aromatic heterocycles. The second-order valence-electron chi connectivity index (χ2n) is 4.62. The maximum Gasteiger partial charge on any atom is 0.408 e. The van der Waals surface area contributed by atoms with E-state index in [2.05, 4.69) is 5.32 Å². The van der Waals surface area contributed by atoms with Crippen LogP contribution >= 0.6 is 0 Å². The molecular formula is C10H19NO4. The van der Waals surface area contributed by atoms with Gasteiger partial charge < -0.3 is 15.2 Å². The van der Waals surface area contributed by atoms with Gasteiger partial charge in [-0.25, -0.2) is 9.59 Å². The summed E-state index contributed by atoms with van der Waals surface area (Å²) >= 11 is 0. The molecule has 0 saturated carbocycles. The Morgan fingerprint density at radius 1 is 1.27 bits per heavy atom. The molecule has 0 saturated heterocycles. The first-order valence-electron chi connectivity index (χ1n) is 4.85. The van der Waals surface area contributed by atoms with E-state index in [9.17, 15) is 9.59 Å². The molecule has 0 fully saturated rings. The first-order chi connectivity index (χ1) is 6.60. The minimum absolute atomic E-state index is 0.293. The number of aliphatic carboxylic acids is 1. The molecule has 1 amide bonds. The zero-order chi connectivity index (χ0) is 12.3. The number of ether oxygens (including phenoxy) is 1. The van der Waals surface area contributed by atoms with Crippen LogP contribution in [0.1, 0.15) is 41.0 Å². The predicted octanol–water partition coefficient (Wildman–Crippen LogP) is 1.76. The summed E-state index contributed by atoms with van der Waals surface area (Å²) in [6.07, 6.45) is -0.420. The van der Waals surface area contributed by atoms with E-state index < -0.39 is 23.2 Å². The van der Waals surface area contributed by atoms with Crippen molar-refractivity contribution in [2.75, 3.05) is 0 Å². The standard InChI is InChI=1S/C10H19NO4/c1-6-10(5,7(12)13)11-8(14)15-9(2,3)4/h6H2,1-5H3,(H,11,14)(H,12,13)/t10-/m0/s1. The molecule has 0 aliphatic heterocycles. The fourth-order valence-electron chi connectivity index (χ4n) is 0.822. The largest absolute Gasteiger partial charge is 0.480 e. The summed E-state index contributed by atoms with van der Waals surface area (Å²) in [5.41, 5.74) is -1.90. The molecule has 0 unspecified atom stereocenters. The maximum absolute atomic E-state index is 11.3. The number of hydrogen-bond donors (Lipinski definition) is 2. The highest BCUT2D eigenvalue weighted by molar-refractivity contribution is 5.83. The Labute approximate surface area is 89.8 Å². The number of alkyl carbamates (subject to hydrolysis) is 1. The number of hydrogen-bond acceptors (Lipinski definition) is 3. The van der Waals surface area contributed by atoms with Gasteiger partial charge in [-0.15, -0.1) is 0 Å². The number of nitrogens with one attached hydrogen (secondary N) is 1. The summed E-state index contributed by atoms with van der Waals surface area (Å²) in [4.78, 5) is 22.2. The minimum Gasteiger partial charge on any atom is -0.480 e. The average Bonchev–Trinajstić information content (AvgIpc) is 1.99. The van der Waals surface area contributed by atoms with Crippen LogP contribution in [-0.4, -0.2) is 28.3 Å². The molecule has 0 aliphatic carbocycles. The van der Waals surface area contributed by atoms with Crippen LogP contribution < -0.4 is 5.32 Å². The molecule has 0 heterocycles. The number of rotatable bonds is 3. The lowest BCUT2D eigenvalue weighted by Gasteiger charge is -2.27. The van der Waals surface area contributed by atoms with E-state index in [0.29, 0.717) is 6.42 Å². The molecule has 1 atom stereocenters. The molecule has 88 valence electrons. The summed E-state index contributed by atoms with van der Waals surface area (Å²) in [6, 6.07) is 0. The van der Waals surface area contributed by atoms with Gasteiger partial charge in [-0.3, -0.25) is 0 Å². The van der Waals surface area contributed by atoms with Crippen molar-refractivity contribution in [3.8, 4) is 0 Å². The molecule has 0 aromatic rings. The highest BCUT2D eigenvalue weighted by Gasteiger charge is 2.34. The van der Waals surface area contributed by atoms with Gasteiger partial charge in [0.15, 0.2) is 0 Å². The fourth-order valence-corrected chi connectivity index (χ4v) is 0.822. The van der Waals surface area contributed by atoms with Gasteiger partial charge in [-0.1, -0.05) is 6.92 Å². The summed E-state index contributed by atoms with van der Waals surface area (Å²) in [6.45, 7) is 8.29. The number of carboxylic acids is 1. The van der Waals surface area contributed by atoms with E-state index in [4.69, 9.17) is 9.84 Å². The van der Waals surface area contributed by atoms with Crippen LogP contribution in [0.25, 0.3) is 0 Å². The molecule has 0 rings (SSSR count). The lowest BCUT2D eigenvalue weighted by atomic mass is 10.00. The van der Waals surface area contributed by atoms with Crippen molar-refractivity contribution in [3.05, 3.63) is 0 Å². The van der Waals surface area contributed by atoms with Gasteiger partial charge in [0.2, 0.25) is 0 Å². The Balaban J connectivity index is 4.45. The van der Waals surface area contributed by atoms with E-state index in [-0.39, 0.29) is 0 Å². The second kappa shape index (κ2) is 4.51. The van der Waals surface area contributed by atoms with Crippen molar-refractivity contribution < 1.29 is 19.4 Å². The SMILES string of the molecule is CC[C@](C)(NC(=O)OC(C)(C)C)C(=O)O. The molecule has 0 aromatic carbocycles. The third kappa shape index (κ3) is 4.67. The highest BCUT2D eigenvalue weighted by Crippen LogP contribution is 2.12. The normalized spacial score (nSPS) is 15.3. The van der Waals surface area contributed by atoms with Gasteiger partial charge in [0.25, 0.3) is 0 Å². The smallest absolute Gasteiger partial charge is 0.408 e. The fraction of sp³-hybridized carbons (Fsp3) is 0.800. The van der Waals surface area contributed by atoms with E-state index >= 15 is 0 Å². The van der Waals surface area contributed by atoms with Crippen LogP contribution in [-0.2, 0) is 9.53 Å². The third-order valence-corrected chi connectivity index (χ3v) is 1.96. The van der Waals surface area contributed by atoms with Crippen molar-refractivity contribution in [2.45, 2.75) is 52.2 Å². The summed E-state index contributed by atoms with van der Waals surface area (Å²) in [5.74, 6) is -1.07. The first kappa shape index (κ1) is 13.7. The van der Waals surface area contributed by atoms with E-state index in [1.807, 2.05) is 0 Å².